The Morgan fingerprint density at radius 2 is 2.18 bits per heavy atom. The Balaban J connectivity index is 2.15. The van der Waals surface area contributed by atoms with Crippen molar-refractivity contribution in [2.75, 3.05) is 6.61 Å². The van der Waals surface area contributed by atoms with Crippen LogP contribution < -0.4 is 10.1 Å². The number of nitrogens with one attached hydrogen (secondary N) is 1. The Morgan fingerprint density at radius 3 is 2.82 bits per heavy atom. The van der Waals surface area contributed by atoms with Crippen molar-refractivity contribution in [2.45, 2.75) is 25.4 Å². The lowest BCUT2D eigenvalue weighted by Crippen LogP contribution is -2.16. The van der Waals surface area contributed by atoms with Gasteiger partial charge in [0.2, 0.25) is 0 Å². The average Bonchev–Trinajstić information content (AvgIpc) is 3.08. The number of halogens is 2. The van der Waals surface area contributed by atoms with Crippen molar-refractivity contribution in [2.24, 2.45) is 0 Å². The maximum Gasteiger partial charge on any atom is 0.142 e. The Kier molecular flexibility index (Phi) is 4.32. The summed E-state index contributed by atoms with van der Waals surface area (Å²) in [7, 11) is 0. The summed E-state index contributed by atoms with van der Waals surface area (Å²) in [6, 6.07) is 4.23. The first-order valence-corrected chi connectivity index (χ1v) is 6.41. The third kappa shape index (κ3) is 3.63. The number of hydrogen-bond donors (Lipinski definition) is 1. The second kappa shape index (κ2) is 5.76. The molecule has 0 unspecified atom stereocenters. The van der Waals surface area contributed by atoms with Crippen LogP contribution in [0.25, 0.3) is 0 Å². The van der Waals surface area contributed by atoms with Crippen LogP contribution in [0.3, 0.4) is 0 Å². The SMILES string of the molecule is C=CCOc1c(Cl)cc(Cl)cc1CNC1CC1. The van der Waals surface area contributed by atoms with Crippen molar-refractivity contribution in [1.29, 1.82) is 0 Å². The van der Waals surface area contributed by atoms with Gasteiger partial charge >= 0.3 is 0 Å². The van der Waals surface area contributed by atoms with Crippen LogP contribution in [0.4, 0.5) is 0 Å². The van der Waals surface area contributed by atoms with Crippen LogP contribution in [0.1, 0.15) is 18.4 Å². The zero-order valence-electron chi connectivity index (χ0n) is 9.51. The molecule has 1 N–H and O–H groups in total. The lowest BCUT2D eigenvalue weighted by Gasteiger charge is -2.13. The van der Waals surface area contributed by atoms with Crippen molar-refractivity contribution in [3.8, 4) is 5.75 Å². The lowest BCUT2D eigenvalue weighted by atomic mass is 10.2. The fourth-order valence-corrected chi connectivity index (χ4v) is 2.18. The van der Waals surface area contributed by atoms with Crippen molar-refractivity contribution in [1.82, 2.24) is 5.32 Å². The van der Waals surface area contributed by atoms with E-state index in [1.54, 1.807) is 12.1 Å². The fourth-order valence-electron chi connectivity index (χ4n) is 1.59. The van der Waals surface area contributed by atoms with Gasteiger partial charge in [0.1, 0.15) is 12.4 Å². The van der Waals surface area contributed by atoms with Gasteiger partial charge in [-0.25, -0.2) is 0 Å². The van der Waals surface area contributed by atoms with Crippen molar-refractivity contribution in [3.63, 3.8) is 0 Å². The highest BCUT2D eigenvalue weighted by atomic mass is 35.5. The minimum atomic E-state index is 0.442. The molecule has 0 bridgehead atoms. The monoisotopic (exact) mass is 271 g/mol. The van der Waals surface area contributed by atoms with E-state index in [-0.39, 0.29) is 0 Å². The number of rotatable bonds is 6. The number of hydrogen-bond acceptors (Lipinski definition) is 2. The molecule has 1 fully saturated rings. The van der Waals surface area contributed by atoms with E-state index in [2.05, 4.69) is 11.9 Å². The molecule has 0 radical (unpaired) electrons. The van der Waals surface area contributed by atoms with E-state index in [4.69, 9.17) is 27.9 Å². The molecule has 0 heterocycles. The largest absolute Gasteiger partial charge is 0.488 e. The van der Waals surface area contributed by atoms with Gasteiger partial charge in [-0.3, -0.25) is 0 Å². The zero-order chi connectivity index (χ0) is 12.3. The van der Waals surface area contributed by atoms with E-state index in [1.807, 2.05) is 6.07 Å². The topological polar surface area (TPSA) is 21.3 Å². The van der Waals surface area contributed by atoms with Gasteiger partial charge in [-0.1, -0.05) is 35.9 Å². The van der Waals surface area contributed by atoms with Crippen LogP contribution in [0.2, 0.25) is 10.0 Å². The van der Waals surface area contributed by atoms with Gasteiger partial charge in [0, 0.05) is 23.2 Å². The summed E-state index contributed by atoms with van der Waals surface area (Å²) in [5.74, 6) is 0.698. The maximum absolute atomic E-state index is 6.13. The van der Waals surface area contributed by atoms with E-state index >= 15 is 0 Å². The first-order valence-electron chi connectivity index (χ1n) is 5.65. The molecule has 0 amide bonds. The summed E-state index contributed by atoms with van der Waals surface area (Å²) in [6.45, 7) is 4.80. The molecule has 4 heteroatoms. The molecule has 1 saturated carbocycles. The van der Waals surface area contributed by atoms with E-state index in [1.165, 1.54) is 12.8 Å². The van der Waals surface area contributed by atoms with Crippen LogP contribution in [-0.2, 0) is 6.54 Å². The lowest BCUT2D eigenvalue weighted by molar-refractivity contribution is 0.358. The Morgan fingerprint density at radius 1 is 1.41 bits per heavy atom. The molecule has 1 aromatic carbocycles. The molecule has 0 saturated heterocycles. The molecule has 1 aromatic rings. The molecule has 0 atom stereocenters. The predicted octanol–water partition coefficient (Wildman–Crippen LogP) is 3.81. The predicted molar refractivity (Wildman–Crippen MR) is 72.0 cm³/mol. The molecular formula is C13H15Cl2NO. The van der Waals surface area contributed by atoms with Crippen LogP contribution in [0.15, 0.2) is 24.8 Å². The number of benzene rings is 1. The summed E-state index contributed by atoms with van der Waals surface area (Å²) < 4.78 is 5.58. The normalized spacial score (nSPS) is 14.7. The first kappa shape index (κ1) is 12.7. The highest BCUT2D eigenvalue weighted by Gasteiger charge is 2.21. The molecule has 1 aliphatic rings. The molecule has 0 aromatic heterocycles. The Labute approximate surface area is 112 Å². The summed E-state index contributed by atoms with van der Waals surface area (Å²) in [5, 5.41) is 4.60. The molecule has 2 nitrogen and oxygen atoms in total. The smallest absolute Gasteiger partial charge is 0.142 e. The third-order valence-electron chi connectivity index (χ3n) is 2.59. The van der Waals surface area contributed by atoms with E-state index in [0.717, 1.165) is 12.1 Å². The van der Waals surface area contributed by atoms with Gasteiger partial charge in [-0.15, -0.1) is 0 Å². The van der Waals surface area contributed by atoms with E-state index in [9.17, 15) is 0 Å². The van der Waals surface area contributed by atoms with E-state index < -0.39 is 0 Å². The molecule has 0 aliphatic heterocycles. The van der Waals surface area contributed by atoms with Gasteiger partial charge in [-0.05, 0) is 25.0 Å². The second-order valence-corrected chi connectivity index (χ2v) is 4.97. The Bertz CT molecular complexity index is 416. The minimum absolute atomic E-state index is 0.442. The first-order chi connectivity index (χ1) is 8.20. The standard InChI is InChI=1S/C13H15Cl2NO/c1-2-5-17-13-9(8-16-11-3-4-11)6-10(14)7-12(13)15/h2,6-7,11,16H,1,3-5,8H2. The number of ether oxygens (including phenoxy) is 1. The molecule has 92 valence electrons. The van der Waals surface area contributed by atoms with Gasteiger partial charge in [0.15, 0.2) is 0 Å². The van der Waals surface area contributed by atoms with Gasteiger partial charge < -0.3 is 10.1 Å². The maximum atomic E-state index is 6.13. The van der Waals surface area contributed by atoms with Crippen LogP contribution in [-0.4, -0.2) is 12.6 Å². The quantitative estimate of drug-likeness (QED) is 0.795. The van der Waals surface area contributed by atoms with Gasteiger partial charge in [0.25, 0.3) is 0 Å². The highest BCUT2D eigenvalue weighted by Crippen LogP contribution is 2.33. The summed E-state index contributed by atoms with van der Waals surface area (Å²) in [6.07, 6.45) is 4.19. The van der Waals surface area contributed by atoms with Crippen molar-refractivity contribution in [3.05, 3.63) is 40.4 Å². The van der Waals surface area contributed by atoms with Crippen LogP contribution in [0.5, 0.6) is 5.75 Å². The third-order valence-corrected chi connectivity index (χ3v) is 3.09. The molecule has 2 rings (SSSR count). The zero-order valence-corrected chi connectivity index (χ0v) is 11.0. The van der Waals surface area contributed by atoms with E-state index in [0.29, 0.717) is 28.4 Å². The molecule has 0 spiro atoms. The fraction of sp³-hybridized carbons (Fsp3) is 0.385. The Hall–Kier alpha value is -0.700. The summed E-state index contributed by atoms with van der Waals surface area (Å²) in [4.78, 5) is 0. The van der Waals surface area contributed by atoms with Crippen molar-refractivity contribution >= 4 is 23.2 Å². The van der Waals surface area contributed by atoms with Crippen LogP contribution >= 0.6 is 23.2 Å². The van der Waals surface area contributed by atoms with Crippen molar-refractivity contribution < 1.29 is 4.74 Å². The molecular weight excluding hydrogens is 257 g/mol. The summed E-state index contributed by atoms with van der Waals surface area (Å²) in [5.41, 5.74) is 0.997. The highest BCUT2D eigenvalue weighted by molar-refractivity contribution is 6.35. The molecule has 1 aliphatic carbocycles. The van der Waals surface area contributed by atoms with Gasteiger partial charge in [-0.2, -0.15) is 0 Å². The van der Waals surface area contributed by atoms with Gasteiger partial charge in [0.05, 0.1) is 5.02 Å². The average molecular weight is 272 g/mol. The molecule has 17 heavy (non-hydrogen) atoms. The van der Waals surface area contributed by atoms with Crippen LogP contribution in [0, 0.1) is 0 Å². The minimum Gasteiger partial charge on any atom is -0.488 e. The second-order valence-electron chi connectivity index (χ2n) is 4.13. The summed E-state index contributed by atoms with van der Waals surface area (Å²) >= 11 is 12.1.